The number of ether oxygens (including phenoxy) is 1. The number of fused-ring (bicyclic) bond motifs is 1. The van der Waals surface area contributed by atoms with Crippen LogP contribution in [0.5, 0.6) is 0 Å². The molecule has 0 spiro atoms. The third-order valence-electron chi connectivity index (χ3n) is 3.81. The maximum Gasteiger partial charge on any atom is 0.326 e. The quantitative estimate of drug-likeness (QED) is 0.594. The van der Waals surface area contributed by atoms with Gasteiger partial charge in [0.2, 0.25) is 0 Å². The first kappa shape index (κ1) is 17.8. The van der Waals surface area contributed by atoms with Crippen molar-refractivity contribution in [3.8, 4) is 6.07 Å². The second-order valence-electron chi connectivity index (χ2n) is 5.46. The number of nitriles is 1. The van der Waals surface area contributed by atoms with Gasteiger partial charge in [-0.3, -0.25) is 19.3 Å². The van der Waals surface area contributed by atoms with Crippen LogP contribution in [0.25, 0.3) is 17.0 Å². The van der Waals surface area contributed by atoms with Gasteiger partial charge in [-0.1, -0.05) is 18.2 Å². The molecule has 7 nitrogen and oxygen atoms in total. The van der Waals surface area contributed by atoms with Gasteiger partial charge in [-0.05, 0) is 30.8 Å². The van der Waals surface area contributed by atoms with Crippen LogP contribution in [-0.4, -0.2) is 39.7 Å². The molecule has 2 aromatic rings. The van der Waals surface area contributed by atoms with Crippen LogP contribution in [0.2, 0.25) is 0 Å². The molecule has 0 saturated carbocycles. The fourth-order valence-electron chi connectivity index (χ4n) is 2.71. The van der Waals surface area contributed by atoms with Gasteiger partial charge in [0.25, 0.3) is 11.1 Å². The van der Waals surface area contributed by atoms with Gasteiger partial charge in [0.15, 0.2) is 0 Å². The minimum atomic E-state index is -0.623. The number of carbonyl (C=O) groups excluding carboxylic acids is 3. The molecule has 2 amide bonds. The molecule has 3 rings (SSSR count). The number of esters is 1. The van der Waals surface area contributed by atoms with E-state index in [1.165, 1.54) is 0 Å². The highest BCUT2D eigenvalue weighted by Crippen LogP contribution is 2.34. The normalized spacial score (nSPS) is 15.7. The highest BCUT2D eigenvalue weighted by molar-refractivity contribution is 8.18. The van der Waals surface area contributed by atoms with E-state index in [4.69, 9.17) is 10.00 Å². The van der Waals surface area contributed by atoms with Gasteiger partial charge < -0.3 is 9.30 Å². The van der Waals surface area contributed by atoms with Gasteiger partial charge in [-0.15, -0.1) is 0 Å². The Morgan fingerprint density at radius 1 is 1.35 bits per heavy atom. The average Bonchev–Trinajstić information content (AvgIpc) is 3.09. The van der Waals surface area contributed by atoms with Crippen LogP contribution in [0, 0.1) is 11.3 Å². The molecule has 1 aliphatic heterocycles. The second kappa shape index (κ2) is 7.45. The molecule has 2 heterocycles. The van der Waals surface area contributed by atoms with E-state index in [2.05, 4.69) is 6.07 Å². The number of hydrogen-bond donors (Lipinski definition) is 0. The Morgan fingerprint density at radius 2 is 2.12 bits per heavy atom. The molecule has 0 atom stereocenters. The molecule has 8 heteroatoms. The molecule has 1 aromatic carbocycles. The first-order chi connectivity index (χ1) is 12.5. The van der Waals surface area contributed by atoms with Gasteiger partial charge in [-0.2, -0.15) is 5.26 Å². The van der Waals surface area contributed by atoms with E-state index in [-0.39, 0.29) is 18.1 Å². The molecule has 1 fully saturated rings. The molecule has 1 aromatic heterocycles. The number of rotatable bonds is 5. The van der Waals surface area contributed by atoms with Crippen molar-refractivity contribution in [3.05, 3.63) is 40.9 Å². The lowest BCUT2D eigenvalue weighted by Gasteiger charge is -2.10. The third-order valence-corrected chi connectivity index (χ3v) is 4.72. The largest absolute Gasteiger partial charge is 0.465 e. The standard InChI is InChI=1S/C18H15N3O4S/c1-2-25-16(22)11-21-17(23)15(26-18(21)24)9-12-10-20(8-7-19)14-6-4-3-5-13(12)14/h3-6,9-10H,2,8,11H2,1H3/b15-9+. The molecular weight excluding hydrogens is 354 g/mol. The van der Waals surface area contributed by atoms with Crippen molar-refractivity contribution >= 4 is 45.9 Å². The highest BCUT2D eigenvalue weighted by Gasteiger charge is 2.36. The van der Waals surface area contributed by atoms with Crippen molar-refractivity contribution in [1.29, 1.82) is 5.26 Å². The van der Waals surface area contributed by atoms with Crippen molar-refractivity contribution in [2.45, 2.75) is 13.5 Å². The average molecular weight is 369 g/mol. The smallest absolute Gasteiger partial charge is 0.326 e. The maximum atomic E-state index is 12.5. The van der Waals surface area contributed by atoms with Crippen LogP contribution in [0.15, 0.2) is 35.4 Å². The second-order valence-corrected chi connectivity index (χ2v) is 6.45. The first-order valence-electron chi connectivity index (χ1n) is 7.91. The summed E-state index contributed by atoms with van der Waals surface area (Å²) in [5, 5.41) is 9.34. The fraction of sp³-hybridized carbons (Fsp3) is 0.222. The predicted molar refractivity (Wildman–Crippen MR) is 96.9 cm³/mol. The summed E-state index contributed by atoms with van der Waals surface area (Å²) in [6.45, 7) is 1.62. The van der Waals surface area contributed by atoms with Crippen LogP contribution < -0.4 is 0 Å². The number of para-hydroxylation sites is 1. The van der Waals surface area contributed by atoms with Crippen LogP contribution in [0.4, 0.5) is 4.79 Å². The van der Waals surface area contributed by atoms with E-state index in [0.29, 0.717) is 0 Å². The molecule has 0 N–H and O–H groups in total. The summed E-state index contributed by atoms with van der Waals surface area (Å²) in [4.78, 5) is 37.2. The van der Waals surface area contributed by atoms with Crippen LogP contribution in [0.3, 0.4) is 0 Å². The number of amides is 2. The Morgan fingerprint density at radius 3 is 2.85 bits per heavy atom. The van der Waals surface area contributed by atoms with Crippen molar-refractivity contribution in [1.82, 2.24) is 9.47 Å². The molecule has 1 aliphatic rings. The van der Waals surface area contributed by atoms with E-state index in [9.17, 15) is 14.4 Å². The summed E-state index contributed by atoms with van der Waals surface area (Å²) >= 11 is 0.784. The lowest BCUT2D eigenvalue weighted by Crippen LogP contribution is -2.34. The van der Waals surface area contributed by atoms with E-state index >= 15 is 0 Å². The van der Waals surface area contributed by atoms with Gasteiger partial charge >= 0.3 is 5.97 Å². The fourth-order valence-corrected chi connectivity index (χ4v) is 3.54. The summed E-state index contributed by atoms with van der Waals surface area (Å²) in [5.74, 6) is -1.15. The Labute approximate surface area is 153 Å². The van der Waals surface area contributed by atoms with Crippen LogP contribution in [-0.2, 0) is 20.9 Å². The van der Waals surface area contributed by atoms with Gasteiger partial charge in [0.1, 0.15) is 13.1 Å². The van der Waals surface area contributed by atoms with Crippen LogP contribution in [0.1, 0.15) is 12.5 Å². The lowest BCUT2D eigenvalue weighted by atomic mass is 10.1. The van der Waals surface area contributed by atoms with E-state index in [1.807, 2.05) is 24.3 Å². The number of hydrogen-bond acceptors (Lipinski definition) is 6. The number of carbonyl (C=O) groups is 3. The molecule has 132 valence electrons. The SMILES string of the molecule is CCOC(=O)CN1C(=O)S/C(=C/c2cn(CC#N)c3ccccc23)C1=O. The van der Waals surface area contributed by atoms with E-state index < -0.39 is 23.7 Å². The molecule has 0 radical (unpaired) electrons. The van der Waals surface area contributed by atoms with E-state index in [0.717, 1.165) is 33.1 Å². The lowest BCUT2D eigenvalue weighted by molar-refractivity contribution is -0.145. The van der Waals surface area contributed by atoms with Gasteiger partial charge in [0.05, 0.1) is 17.6 Å². The van der Waals surface area contributed by atoms with Crippen molar-refractivity contribution in [2.75, 3.05) is 13.2 Å². The van der Waals surface area contributed by atoms with E-state index in [1.54, 1.807) is 23.8 Å². The molecule has 26 heavy (non-hydrogen) atoms. The summed E-state index contributed by atoms with van der Waals surface area (Å²) in [6.07, 6.45) is 3.39. The monoisotopic (exact) mass is 369 g/mol. The Kier molecular flexibility index (Phi) is 5.09. The molecule has 0 unspecified atom stereocenters. The number of imide groups is 1. The number of aromatic nitrogens is 1. The summed E-state index contributed by atoms with van der Waals surface area (Å²) in [7, 11) is 0. The maximum absolute atomic E-state index is 12.5. The Hall–Kier alpha value is -3.05. The number of benzene rings is 1. The van der Waals surface area contributed by atoms with Gasteiger partial charge in [-0.25, -0.2) is 0 Å². The zero-order valence-electron chi connectivity index (χ0n) is 14.0. The number of thioether (sulfide) groups is 1. The number of nitrogens with zero attached hydrogens (tertiary/aromatic N) is 3. The summed E-state index contributed by atoms with van der Waals surface area (Å²) in [6, 6.07) is 9.60. The third kappa shape index (κ3) is 3.34. The minimum Gasteiger partial charge on any atom is -0.465 e. The molecule has 0 bridgehead atoms. The summed E-state index contributed by atoms with van der Waals surface area (Å²) < 4.78 is 6.58. The first-order valence-corrected chi connectivity index (χ1v) is 8.72. The van der Waals surface area contributed by atoms with Gasteiger partial charge in [0, 0.05) is 22.7 Å². The minimum absolute atomic E-state index is 0.179. The summed E-state index contributed by atoms with van der Waals surface area (Å²) in [5.41, 5.74) is 1.60. The van der Waals surface area contributed by atoms with Crippen molar-refractivity contribution in [2.24, 2.45) is 0 Å². The molecule has 0 aliphatic carbocycles. The predicted octanol–water partition coefficient (Wildman–Crippen LogP) is 2.76. The molecule has 1 saturated heterocycles. The zero-order valence-corrected chi connectivity index (χ0v) is 14.8. The van der Waals surface area contributed by atoms with Crippen molar-refractivity contribution in [3.63, 3.8) is 0 Å². The highest BCUT2D eigenvalue weighted by atomic mass is 32.2. The Balaban J connectivity index is 1.93. The topological polar surface area (TPSA) is 92.4 Å². The molecular formula is C18H15N3O4S. The van der Waals surface area contributed by atoms with Crippen LogP contribution >= 0.6 is 11.8 Å². The Bertz CT molecular complexity index is 970. The zero-order chi connectivity index (χ0) is 18.7. The van der Waals surface area contributed by atoms with Crippen molar-refractivity contribution < 1.29 is 19.1 Å².